The van der Waals surface area contributed by atoms with Crippen LogP contribution in [0, 0.1) is 5.92 Å². The summed E-state index contributed by atoms with van der Waals surface area (Å²) in [6.45, 7) is 5.95. The van der Waals surface area contributed by atoms with Gasteiger partial charge in [0, 0.05) is 10.7 Å². The number of likely N-dealkylation sites (tertiary alicyclic amines) is 1. The Hall–Kier alpha value is -0.0600. The summed E-state index contributed by atoms with van der Waals surface area (Å²) in [4.78, 5) is 2.29. The second-order valence-electron chi connectivity index (χ2n) is 4.38. The van der Waals surface area contributed by atoms with Crippen LogP contribution in [-0.2, 0) is 9.05 Å². The molecule has 15 heavy (non-hydrogen) atoms. The van der Waals surface area contributed by atoms with E-state index in [1.165, 1.54) is 0 Å². The number of nitrogens with zero attached hydrogens (tertiary/aromatic N) is 1. The first-order valence-electron chi connectivity index (χ1n) is 5.14. The third-order valence-electron chi connectivity index (χ3n) is 2.79. The van der Waals surface area contributed by atoms with Crippen LogP contribution in [0.15, 0.2) is 12.2 Å². The van der Waals surface area contributed by atoms with Crippen molar-refractivity contribution in [3.63, 3.8) is 0 Å². The number of hydrogen-bond acceptors (Lipinski definition) is 3. The lowest BCUT2D eigenvalue weighted by molar-refractivity contribution is 0.219. The number of rotatable bonds is 4. The van der Waals surface area contributed by atoms with Crippen molar-refractivity contribution in [1.29, 1.82) is 0 Å². The fourth-order valence-corrected chi connectivity index (χ4v) is 3.05. The molecule has 0 atom stereocenters. The van der Waals surface area contributed by atoms with E-state index in [0.717, 1.165) is 37.9 Å². The Morgan fingerprint density at radius 2 is 2.00 bits per heavy atom. The molecule has 0 radical (unpaired) electrons. The normalized spacial score (nSPS) is 20.4. The molecular weight excluding hydrogens is 234 g/mol. The van der Waals surface area contributed by atoms with Gasteiger partial charge >= 0.3 is 0 Å². The topological polar surface area (TPSA) is 37.4 Å². The van der Waals surface area contributed by atoms with Crippen molar-refractivity contribution in [3.8, 4) is 0 Å². The highest BCUT2D eigenvalue weighted by Crippen LogP contribution is 2.23. The van der Waals surface area contributed by atoms with Gasteiger partial charge in [0.15, 0.2) is 0 Å². The molecular formula is C10H18ClNO2S. The summed E-state index contributed by atoms with van der Waals surface area (Å²) in [5.41, 5.74) is 0.736. The van der Waals surface area contributed by atoms with Crippen molar-refractivity contribution in [2.75, 3.05) is 25.9 Å². The molecule has 0 aromatic rings. The Morgan fingerprint density at radius 3 is 2.47 bits per heavy atom. The van der Waals surface area contributed by atoms with E-state index < -0.39 is 9.05 Å². The minimum Gasteiger partial charge on any atom is -0.306 e. The van der Waals surface area contributed by atoms with Gasteiger partial charge in [0.1, 0.15) is 0 Å². The van der Waals surface area contributed by atoms with Crippen LogP contribution in [0.25, 0.3) is 0 Å². The average Bonchev–Trinajstić information content (AvgIpc) is 2.05. The first kappa shape index (κ1) is 13.0. The van der Waals surface area contributed by atoms with Crippen molar-refractivity contribution in [2.24, 2.45) is 5.92 Å². The van der Waals surface area contributed by atoms with E-state index in [2.05, 4.69) is 18.5 Å². The van der Waals surface area contributed by atoms with Gasteiger partial charge in [-0.15, -0.1) is 0 Å². The highest BCUT2D eigenvalue weighted by atomic mass is 35.7. The fraction of sp³-hybridized carbons (Fsp3) is 0.800. The van der Waals surface area contributed by atoms with Crippen molar-refractivity contribution < 1.29 is 8.42 Å². The summed E-state index contributed by atoms with van der Waals surface area (Å²) in [5.74, 6) is 0.494. The molecule has 1 heterocycles. The molecule has 3 nitrogen and oxygen atoms in total. The van der Waals surface area contributed by atoms with Crippen LogP contribution in [0.2, 0.25) is 0 Å². The van der Waals surface area contributed by atoms with Crippen molar-refractivity contribution >= 4 is 19.7 Å². The maximum atomic E-state index is 10.8. The van der Waals surface area contributed by atoms with E-state index in [9.17, 15) is 8.42 Å². The van der Waals surface area contributed by atoms with Crippen molar-refractivity contribution in [3.05, 3.63) is 12.2 Å². The average molecular weight is 252 g/mol. The van der Waals surface area contributed by atoms with Gasteiger partial charge in [0.05, 0.1) is 5.75 Å². The van der Waals surface area contributed by atoms with Crippen LogP contribution in [0.1, 0.15) is 19.3 Å². The highest BCUT2D eigenvalue weighted by Gasteiger charge is 2.18. The SMILES string of the molecule is C=C(CC1CCN(C)CC1)CS(=O)(=O)Cl. The minimum atomic E-state index is -3.42. The van der Waals surface area contributed by atoms with Gasteiger partial charge in [-0.1, -0.05) is 12.2 Å². The Labute approximate surface area is 96.5 Å². The summed E-state index contributed by atoms with van der Waals surface area (Å²) in [6, 6.07) is 0. The summed E-state index contributed by atoms with van der Waals surface area (Å²) in [5, 5.41) is 0. The molecule has 0 aromatic heterocycles. The summed E-state index contributed by atoms with van der Waals surface area (Å²) < 4.78 is 21.7. The second-order valence-corrected chi connectivity index (χ2v) is 7.16. The third kappa shape index (κ3) is 5.54. The van der Waals surface area contributed by atoms with Gasteiger partial charge in [0.2, 0.25) is 9.05 Å². The van der Waals surface area contributed by atoms with Gasteiger partial charge in [-0.25, -0.2) is 8.42 Å². The van der Waals surface area contributed by atoms with E-state index in [0.29, 0.717) is 5.92 Å². The lowest BCUT2D eigenvalue weighted by Gasteiger charge is -2.29. The quantitative estimate of drug-likeness (QED) is 0.565. The molecule has 0 aromatic carbocycles. The van der Waals surface area contributed by atoms with Crippen LogP contribution in [-0.4, -0.2) is 39.2 Å². The number of hydrogen-bond donors (Lipinski definition) is 0. The molecule has 1 fully saturated rings. The van der Waals surface area contributed by atoms with Crippen LogP contribution >= 0.6 is 10.7 Å². The van der Waals surface area contributed by atoms with Gasteiger partial charge in [0.25, 0.3) is 0 Å². The summed E-state index contributed by atoms with van der Waals surface area (Å²) >= 11 is 0. The summed E-state index contributed by atoms with van der Waals surface area (Å²) in [6.07, 6.45) is 3.04. The lowest BCUT2D eigenvalue weighted by Crippen LogP contribution is -2.30. The van der Waals surface area contributed by atoms with Crippen molar-refractivity contribution in [1.82, 2.24) is 4.90 Å². The molecule has 1 aliphatic heterocycles. The molecule has 1 saturated heterocycles. The molecule has 0 bridgehead atoms. The summed E-state index contributed by atoms with van der Waals surface area (Å²) in [7, 11) is 3.85. The molecule has 0 amide bonds. The van der Waals surface area contributed by atoms with Gasteiger partial charge in [-0.3, -0.25) is 0 Å². The van der Waals surface area contributed by atoms with E-state index in [1.54, 1.807) is 0 Å². The fourth-order valence-electron chi connectivity index (χ4n) is 1.98. The number of halogens is 1. The number of piperidine rings is 1. The van der Waals surface area contributed by atoms with Crippen LogP contribution in [0.5, 0.6) is 0 Å². The van der Waals surface area contributed by atoms with Gasteiger partial charge in [-0.05, 0) is 45.3 Å². The zero-order chi connectivity index (χ0) is 11.5. The standard InChI is InChI=1S/C10H18ClNO2S/c1-9(8-15(11,13)14)7-10-3-5-12(2)6-4-10/h10H,1,3-8H2,2H3. The highest BCUT2D eigenvalue weighted by molar-refractivity contribution is 8.13. The van der Waals surface area contributed by atoms with Gasteiger partial charge in [-0.2, -0.15) is 0 Å². The van der Waals surface area contributed by atoms with E-state index in [1.807, 2.05) is 0 Å². The molecule has 0 aliphatic carbocycles. The van der Waals surface area contributed by atoms with E-state index in [4.69, 9.17) is 10.7 Å². The van der Waals surface area contributed by atoms with Crippen LogP contribution in [0.3, 0.4) is 0 Å². The molecule has 1 aliphatic rings. The van der Waals surface area contributed by atoms with Crippen LogP contribution < -0.4 is 0 Å². The Kier molecular flexibility index (Phi) is 4.62. The monoisotopic (exact) mass is 251 g/mol. The van der Waals surface area contributed by atoms with Crippen molar-refractivity contribution in [2.45, 2.75) is 19.3 Å². The van der Waals surface area contributed by atoms with Crippen LogP contribution in [0.4, 0.5) is 0 Å². The smallest absolute Gasteiger partial charge is 0.236 e. The largest absolute Gasteiger partial charge is 0.306 e. The maximum absolute atomic E-state index is 10.8. The Balaban J connectivity index is 2.33. The Morgan fingerprint density at radius 1 is 1.47 bits per heavy atom. The molecule has 1 rings (SSSR count). The molecule has 0 N–H and O–H groups in total. The molecule has 0 saturated carbocycles. The maximum Gasteiger partial charge on any atom is 0.236 e. The minimum absolute atomic E-state index is 0.0824. The molecule has 0 unspecified atom stereocenters. The predicted octanol–water partition coefficient (Wildman–Crippen LogP) is 1.84. The van der Waals surface area contributed by atoms with E-state index >= 15 is 0 Å². The Bertz CT molecular complexity index is 318. The zero-order valence-corrected chi connectivity index (χ0v) is 10.6. The lowest BCUT2D eigenvalue weighted by atomic mass is 9.91. The third-order valence-corrected chi connectivity index (χ3v) is 3.87. The predicted molar refractivity (Wildman–Crippen MR) is 63.6 cm³/mol. The van der Waals surface area contributed by atoms with E-state index in [-0.39, 0.29) is 5.75 Å². The first-order valence-corrected chi connectivity index (χ1v) is 7.62. The second kappa shape index (κ2) is 5.32. The van der Waals surface area contributed by atoms with Gasteiger partial charge < -0.3 is 4.90 Å². The molecule has 5 heteroatoms. The first-order chi connectivity index (χ1) is 6.87. The zero-order valence-electron chi connectivity index (χ0n) is 9.08. The molecule has 0 spiro atoms. The molecule has 88 valence electrons.